The fraction of sp³-hybridized carbons (Fsp3) is 0.538. The molecule has 0 unspecified atom stereocenters. The van der Waals surface area contributed by atoms with E-state index in [2.05, 4.69) is 15.2 Å². The summed E-state index contributed by atoms with van der Waals surface area (Å²) in [5, 5.41) is 3.37. The molecule has 98 valence electrons. The number of nitrogens with two attached hydrogens (primary N) is 1. The molecule has 0 aliphatic carbocycles. The van der Waals surface area contributed by atoms with Crippen LogP contribution in [-0.4, -0.2) is 41.1 Å². The van der Waals surface area contributed by atoms with Gasteiger partial charge in [-0.2, -0.15) is 0 Å². The van der Waals surface area contributed by atoms with Crippen molar-refractivity contribution in [1.29, 1.82) is 0 Å². The van der Waals surface area contributed by atoms with Crippen molar-refractivity contribution in [3.05, 3.63) is 24.0 Å². The second-order valence-electron chi connectivity index (χ2n) is 4.63. The molecule has 2 rings (SSSR count). The molecule has 3 N–H and O–H groups in total. The molecule has 0 amide bonds. The Balaban J connectivity index is 1.74. The van der Waals surface area contributed by atoms with Gasteiger partial charge in [-0.1, -0.05) is 18.6 Å². The third kappa shape index (κ3) is 3.92. The van der Waals surface area contributed by atoms with Crippen molar-refractivity contribution in [2.75, 3.05) is 31.5 Å². The van der Waals surface area contributed by atoms with Crippen LogP contribution in [0.3, 0.4) is 0 Å². The molecule has 0 aromatic carbocycles. The summed E-state index contributed by atoms with van der Waals surface area (Å²) < 4.78 is 0. The van der Waals surface area contributed by atoms with Gasteiger partial charge in [0.05, 0.1) is 17.6 Å². The molecule has 0 atom stereocenters. The number of rotatable bonds is 5. The highest BCUT2D eigenvalue weighted by Crippen LogP contribution is 2.09. The zero-order valence-electron chi connectivity index (χ0n) is 10.6. The molecule has 18 heavy (non-hydrogen) atoms. The average Bonchev–Trinajstić information content (AvgIpc) is 2.40. The monoisotopic (exact) mass is 264 g/mol. The van der Waals surface area contributed by atoms with Crippen LogP contribution >= 0.6 is 12.2 Å². The number of pyridine rings is 1. The zero-order chi connectivity index (χ0) is 12.8. The van der Waals surface area contributed by atoms with Gasteiger partial charge in [-0.3, -0.25) is 4.98 Å². The van der Waals surface area contributed by atoms with Gasteiger partial charge in [0.25, 0.3) is 0 Å². The molecule has 0 spiro atoms. The number of aromatic nitrogens is 1. The van der Waals surface area contributed by atoms with Crippen molar-refractivity contribution in [3.8, 4) is 0 Å². The standard InChI is InChI=1S/C13H20N4S/c14-13(18)12-5-4-11(10-16-12)15-6-9-17-7-2-1-3-8-17/h4-5,10,15H,1-3,6-9H2,(H2,14,18). The second kappa shape index (κ2) is 6.66. The van der Waals surface area contributed by atoms with Gasteiger partial charge >= 0.3 is 0 Å². The lowest BCUT2D eigenvalue weighted by Crippen LogP contribution is -2.33. The summed E-state index contributed by atoms with van der Waals surface area (Å²) in [6.45, 7) is 4.52. The lowest BCUT2D eigenvalue weighted by atomic mass is 10.1. The third-order valence-electron chi connectivity index (χ3n) is 3.22. The summed E-state index contributed by atoms with van der Waals surface area (Å²) in [6, 6.07) is 3.82. The Kier molecular flexibility index (Phi) is 4.90. The molecule has 1 aromatic heterocycles. The smallest absolute Gasteiger partial charge is 0.122 e. The number of hydrogen-bond donors (Lipinski definition) is 2. The van der Waals surface area contributed by atoms with E-state index in [1.54, 1.807) is 6.20 Å². The molecule has 1 aliphatic heterocycles. The van der Waals surface area contributed by atoms with Crippen molar-refractivity contribution in [1.82, 2.24) is 9.88 Å². The summed E-state index contributed by atoms with van der Waals surface area (Å²) >= 11 is 4.87. The van der Waals surface area contributed by atoms with E-state index in [-0.39, 0.29) is 0 Å². The Morgan fingerprint density at radius 1 is 1.33 bits per heavy atom. The van der Waals surface area contributed by atoms with Crippen molar-refractivity contribution in [3.63, 3.8) is 0 Å². The van der Waals surface area contributed by atoms with Crippen LogP contribution in [0.2, 0.25) is 0 Å². The van der Waals surface area contributed by atoms with Gasteiger partial charge in [0.2, 0.25) is 0 Å². The quantitative estimate of drug-likeness (QED) is 0.791. The summed E-state index contributed by atoms with van der Waals surface area (Å²) in [5.74, 6) is 0. The van der Waals surface area contributed by atoms with E-state index < -0.39 is 0 Å². The highest BCUT2D eigenvalue weighted by molar-refractivity contribution is 7.80. The first kappa shape index (κ1) is 13.2. The molecule has 5 heteroatoms. The number of piperidine rings is 1. The van der Waals surface area contributed by atoms with Crippen LogP contribution in [0.5, 0.6) is 0 Å². The van der Waals surface area contributed by atoms with Gasteiger partial charge in [0.1, 0.15) is 4.99 Å². The van der Waals surface area contributed by atoms with E-state index in [9.17, 15) is 0 Å². The Bertz CT molecular complexity index is 384. The van der Waals surface area contributed by atoms with E-state index in [0.29, 0.717) is 10.7 Å². The Labute approximate surface area is 114 Å². The molecule has 1 aliphatic rings. The van der Waals surface area contributed by atoms with Crippen molar-refractivity contribution in [2.24, 2.45) is 5.73 Å². The molecular formula is C13H20N4S. The minimum atomic E-state index is 0.342. The van der Waals surface area contributed by atoms with E-state index in [1.807, 2.05) is 12.1 Å². The first-order valence-corrected chi connectivity index (χ1v) is 6.88. The summed E-state index contributed by atoms with van der Waals surface area (Å²) in [4.78, 5) is 7.05. The fourth-order valence-electron chi connectivity index (χ4n) is 2.19. The molecule has 2 heterocycles. The molecular weight excluding hydrogens is 244 g/mol. The normalized spacial score (nSPS) is 16.4. The number of thiocarbonyl (C=S) groups is 1. The van der Waals surface area contributed by atoms with Crippen molar-refractivity contribution < 1.29 is 0 Å². The van der Waals surface area contributed by atoms with Crippen LogP contribution < -0.4 is 11.1 Å². The minimum Gasteiger partial charge on any atom is -0.388 e. The summed E-state index contributed by atoms with van der Waals surface area (Å²) in [5.41, 5.74) is 7.20. The Morgan fingerprint density at radius 2 is 2.11 bits per heavy atom. The van der Waals surface area contributed by atoms with Crippen LogP contribution in [0.1, 0.15) is 25.0 Å². The Morgan fingerprint density at radius 3 is 2.72 bits per heavy atom. The summed E-state index contributed by atoms with van der Waals surface area (Å²) in [6.07, 6.45) is 5.84. The van der Waals surface area contributed by atoms with Gasteiger partial charge in [0, 0.05) is 13.1 Å². The van der Waals surface area contributed by atoms with Crippen LogP contribution in [0.15, 0.2) is 18.3 Å². The van der Waals surface area contributed by atoms with E-state index in [0.717, 1.165) is 18.8 Å². The lowest BCUT2D eigenvalue weighted by Gasteiger charge is -2.26. The molecule has 0 radical (unpaired) electrons. The highest BCUT2D eigenvalue weighted by Gasteiger charge is 2.08. The van der Waals surface area contributed by atoms with Crippen LogP contribution in [0, 0.1) is 0 Å². The van der Waals surface area contributed by atoms with E-state index in [4.69, 9.17) is 18.0 Å². The molecule has 1 fully saturated rings. The topological polar surface area (TPSA) is 54.2 Å². The number of likely N-dealkylation sites (tertiary alicyclic amines) is 1. The SMILES string of the molecule is NC(=S)c1ccc(NCCN2CCCCC2)cn1. The molecule has 0 bridgehead atoms. The van der Waals surface area contributed by atoms with Gasteiger partial charge in [-0.25, -0.2) is 0 Å². The predicted molar refractivity (Wildman–Crippen MR) is 78.9 cm³/mol. The average molecular weight is 264 g/mol. The summed E-state index contributed by atoms with van der Waals surface area (Å²) in [7, 11) is 0. The van der Waals surface area contributed by atoms with Gasteiger partial charge in [0.15, 0.2) is 0 Å². The fourth-order valence-corrected chi connectivity index (χ4v) is 2.31. The second-order valence-corrected chi connectivity index (χ2v) is 5.07. The Hall–Kier alpha value is -1.20. The van der Waals surface area contributed by atoms with Crippen LogP contribution in [0.25, 0.3) is 0 Å². The van der Waals surface area contributed by atoms with Gasteiger partial charge in [-0.05, 0) is 38.1 Å². The molecule has 1 saturated heterocycles. The first-order chi connectivity index (χ1) is 8.75. The van der Waals surface area contributed by atoms with E-state index in [1.165, 1.54) is 32.4 Å². The maximum atomic E-state index is 5.50. The van der Waals surface area contributed by atoms with Crippen molar-refractivity contribution >= 4 is 22.9 Å². The third-order valence-corrected chi connectivity index (χ3v) is 3.43. The first-order valence-electron chi connectivity index (χ1n) is 6.48. The zero-order valence-corrected chi connectivity index (χ0v) is 11.4. The number of nitrogens with zero attached hydrogens (tertiary/aromatic N) is 2. The number of hydrogen-bond acceptors (Lipinski definition) is 4. The van der Waals surface area contributed by atoms with Gasteiger partial charge in [-0.15, -0.1) is 0 Å². The maximum absolute atomic E-state index is 5.50. The largest absolute Gasteiger partial charge is 0.388 e. The maximum Gasteiger partial charge on any atom is 0.122 e. The highest BCUT2D eigenvalue weighted by atomic mass is 32.1. The minimum absolute atomic E-state index is 0.342. The molecule has 0 saturated carbocycles. The number of anilines is 1. The van der Waals surface area contributed by atoms with E-state index >= 15 is 0 Å². The number of nitrogens with one attached hydrogen (secondary N) is 1. The molecule has 1 aromatic rings. The van der Waals surface area contributed by atoms with Gasteiger partial charge < -0.3 is 16.0 Å². The molecule has 4 nitrogen and oxygen atoms in total. The predicted octanol–water partition coefficient (Wildman–Crippen LogP) is 1.61. The lowest BCUT2D eigenvalue weighted by molar-refractivity contribution is 0.237. The van der Waals surface area contributed by atoms with Crippen LogP contribution in [-0.2, 0) is 0 Å². The van der Waals surface area contributed by atoms with Crippen molar-refractivity contribution in [2.45, 2.75) is 19.3 Å². The van der Waals surface area contributed by atoms with Crippen LogP contribution in [0.4, 0.5) is 5.69 Å².